The first-order valence-corrected chi connectivity index (χ1v) is 9.33. The fourth-order valence-corrected chi connectivity index (χ4v) is 2.81. The predicted octanol–water partition coefficient (Wildman–Crippen LogP) is 4.35. The van der Waals surface area contributed by atoms with Crippen LogP contribution in [0.25, 0.3) is 0 Å². The van der Waals surface area contributed by atoms with Crippen LogP contribution in [0, 0.1) is 0 Å². The third-order valence-corrected chi connectivity index (χ3v) is 4.25. The summed E-state index contributed by atoms with van der Waals surface area (Å²) >= 11 is 0.875. The first kappa shape index (κ1) is 11.3. The summed E-state index contributed by atoms with van der Waals surface area (Å²) < 4.78 is 74.2. The summed E-state index contributed by atoms with van der Waals surface area (Å²) in [5, 5.41) is 12.8. The largest absolute Gasteiger partial charge is 0.388 e. The molecule has 0 saturated carbocycles. The number of rotatable bonds is 9. The highest BCUT2D eigenvalue weighted by Gasteiger charge is 2.08. The number of aromatic nitrogens is 1. The number of aliphatic hydroxyl groups is 1. The van der Waals surface area contributed by atoms with Gasteiger partial charge in [-0.2, -0.15) is 0 Å². The van der Waals surface area contributed by atoms with Gasteiger partial charge in [0.15, 0.2) is 5.13 Å². The highest BCUT2D eigenvalue weighted by molar-refractivity contribution is 7.13. The van der Waals surface area contributed by atoms with Crippen LogP contribution in [-0.4, -0.2) is 16.0 Å². The van der Waals surface area contributed by atoms with Crippen LogP contribution in [0.3, 0.4) is 0 Å². The molecule has 3 rings (SSSR count). The van der Waals surface area contributed by atoms with E-state index in [9.17, 15) is 9.90 Å². The number of aliphatic hydroxyl groups excluding tert-OH is 1. The quantitative estimate of drug-likeness (QED) is 0.495. The molecule has 5 nitrogen and oxygen atoms in total. The third kappa shape index (κ3) is 6.18. The number of carbonyl (C=O) groups is 1. The molecule has 1 aromatic heterocycles. The number of amides is 1. The van der Waals surface area contributed by atoms with Crippen molar-refractivity contribution >= 4 is 28.1 Å². The van der Waals surface area contributed by atoms with Gasteiger partial charge in [-0.15, -0.1) is 11.3 Å². The molecule has 0 bridgehead atoms. The van der Waals surface area contributed by atoms with Crippen molar-refractivity contribution in [3.8, 4) is 0 Å². The molecule has 28 heavy (non-hydrogen) atoms. The fraction of sp³-hybridized carbons (Fsp3) is 0.273. The minimum absolute atomic E-state index is 0.0204. The SMILES string of the molecule is [2H]c1sc(N)nc1CC(=O)Nc1c([2H])c([2H])c(C([2H])([2H])CCC([2H])([2H])[C@H](O)c2ccccc2)c([2H])c1[2H]. The second-order valence-corrected chi connectivity index (χ2v) is 6.60. The van der Waals surface area contributed by atoms with Gasteiger partial charge in [-0.25, -0.2) is 4.98 Å². The molecular weight excluding hydrogens is 370 g/mol. The van der Waals surface area contributed by atoms with Crippen LogP contribution in [0.5, 0.6) is 0 Å². The Balaban J connectivity index is 1.83. The van der Waals surface area contributed by atoms with Gasteiger partial charge in [0, 0.05) is 16.5 Å². The summed E-state index contributed by atoms with van der Waals surface area (Å²) in [5.74, 6) is -0.751. The van der Waals surface area contributed by atoms with E-state index in [1.807, 2.05) is 0 Å². The number of hydrogen-bond donors (Lipinski definition) is 3. The molecule has 0 unspecified atom stereocenters. The number of benzene rings is 2. The second-order valence-electron chi connectivity index (χ2n) is 5.77. The number of nitrogens with zero attached hydrogens (tertiary/aromatic N) is 1. The molecule has 0 saturated heterocycles. The molecular formula is C22H25N3O2S. The van der Waals surface area contributed by atoms with Crippen molar-refractivity contribution in [3.05, 3.63) is 76.7 Å². The predicted molar refractivity (Wildman–Crippen MR) is 114 cm³/mol. The van der Waals surface area contributed by atoms with Crippen molar-refractivity contribution in [1.29, 1.82) is 0 Å². The van der Waals surface area contributed by atoms with E-state index in [4.69, 9.17) is 18.1 Å². The lowest BCUT2D eigenvalue weighted by Crippen LogP contribution is -2.14. The van der Waals surface area contributed by atoms with E-state index in [-0.39, 0.29) is 22.6 Å². The van der Waals surface area contributed by atoms with Gasteiger partial charge in [0.05, 0.1) is 25.1 Å². The Kier molecular flexibility index (Phi) is 4.05. The molecule has 0 aliphatic rings. The molecule has 4 N–H and O–H groups in total. The Hall–Kier alpha value is -2.70. The molecule has 0 radical (unpaired) electrons. The van der Waals surface area contributed by atoms with E-state index in [1.54, 1.807) is 30.3 Å². The lowest BCUT2D eigenvalue weighted by molar-refractivity contribution is -0.115. The zero-order valence-corrected chi connectivity index (χ0v) is 15.7. The Labute approximate surface area is 181 Å². The first-order chi connectivity index (χ1) is 17.2. The van der Waals surface area contributed by atoms with Gasteiger partial charge in [0.25, 0.3) is 0 Å². The average Bonchev–Trinajstić information content (AvgIpc) is 3.15. The number of nitrogen functional groups attached to an aromatic ring is 1. The fourth-order valence-electron chi connectivity index (χ4n) is 2.31. The molecule has 3 aromatic rings. The molecule has 0 aliphatic carbocycles. The van der Waals surface area contributed by atoms with E-state index in [0.717, 1.165) is 11.3 Å². The average molecular weight is 405 g/mol. The van der Waals surface area contributed by atoms with Gasteiger partial charge in [-0.05, 0) is 42.4 Å². The van der Waals surface area contributed by atoms with Crippen LogP contribution in [0.1, 0.15) is 54.5 Å². The normalized spacial score (nSPS) is 17.5. The Bertz CT molecular complexity index is 1270. The van der Waals surface area contributed by atoms with Crippen molar-refractivity contribution in [2.45, 2.75) is 38.1 Å². The van der Waals surface area contributed by atoms with Crippen LogP contribution >= 0.6 is 11.3 Å². The number of hydrogen-bond acceptors (Lipinski definition) is 5. The lowest BCUT2D eigenvalue weighted by atomic mass is 10.0. The second kappa shape index (κ2) is 10.0. The Morgan fingerprint density at radius 1 is 1.25 bits per heavy atom. The van der Waals surface area contributed by atoms with Crippen molar-refractivity contribution in [2.24, 2.45) is 0 Å². The summed E-state index contributed by atoms with van der Waals surface area (Å²) in [6.45, 7) is 0. The highest BCUT2D eigenvalue weighted by atomic mass is 32.1. The Morgan fingerprint density at radius 2 is 2.00 bits per heavy atom. The zero-order valence-electron chi connectivity index (χ0n) is 23.9. The van der Waals surface area contributed by atoms with E-state index in [0.29, 0.717) is 5.56 Å². The molecule has 1 heterocycles. The topological polar surface area (TPSA) is 88.2 Å². The summed E-state index contributed by atoms with van der Waals surface area (Å²) in [7, 11) is 0. The number of thiazole rings is 1. The number of carbonyl (C=O) groups excluding carboxylic acids is 1. The lowest BCUT2D eigenvalue weighted by Gasteiger charge is -2.10. The van der Waals surface area contributed by atoms with Crippen LogP contribution in [0.2, 0.25) is 0 Å². The molecule has 0 fully saturated rings. The molecule has 146 valence electrons. The minimum Gasteiger partial charge on any atom is -0.388 e. The van der Waals surface area contributed by atoms with E-state index < -0.39 is 73.0 Å². The van der Waals surface area contributed by atoms with Crippen LogP contribution in [0.4, 0.5) is 10.8 Å². The van der Waals surface area contributed by atoms with Crippen molar-refractivity contribution in [1.82, 2.24) is 4.98 Å². The molecule has 1 amide bonds. The van der Waals surface area contributed by atoms with Gasteiger partial charge in [-0.3, -0.25) is 4.79 Å². The molecule has 1 atom stereocenters. The number of nitrogens with one attached hydrogen (secondary N) is 1. The molecule has 6 heteroatoms. The number of anilines is 2. The maximum atomic E-state index is 12.4. The summed E-state index contributed by atoms with van der Waals surface area (Å²) in [6, 6.07) is 5.28. The number of nitrogens with two attached hydrogens (primary N) is 1. The van der Waals surface area contributed by atoms with Crippen LogP contribution in [0.15, 0.2) is 59.9 Å². The molecule has 2 aromatic carbocycles. The van der Waals surface area contributed by atoms with Crippen LogP contribution < -0.4 is 11.1 Å². The summed E-state index contributed by atoms with van der Waals surface area (Å²) in [5.41, 5.74) is 4.90. The van der Waals surface area contributed by atoms with Crippen LogP contribution in [-0.2, 0) is 17.6 Å². The monoisotopic (exact) mass is 404 g/mol. The highest BCUT2D eigenvalue weighted by Crippen LogP contribution is 2.20. The van der Waals surface area contributed by atoms with Crippen molar-refractivity contribution in [3.63, 3.8) is 0 Å². The van der Waals surface area contributed by atoms with E-state index >= 15 is 0 Å². The summed E-state index contributed by atoms with van der Waals surface area (Å²) in [6.07, 6.45) is -7.65. The maximum absolute atomic E-state index is 12.4. The third-order valence-electron chi connectivity index (χ3n) is 3.62. The van der Waals surface area contributed by atoms with Gasteiger partial charge in [0.1, 0.15) is 0 Å². The zero-order chi connectivity index (χ0) is 27.7. The van der Waals surface area contributed by atoms with Gasteiger partial charge < -0.3 is 16.2 Å². The molecule has 0 spiro atoms. The van der Waals surface area contributed by atoms with Gasteiger partial charge in [-0.1, -0.05) is 48.8 Å². The molecule has 0 aliphatic heterocycles. The van der Waals surface area contributed by atoms with E-state index in [1.165, 1.54) is 0 Å². The first-order valence-electron chi connectivity index (χ1n) is 13.0. The standard InChI is InChI=1S/C22H25N3O2S/c23-22-25-19(15-28-22)14-21(27)24-18-12-10-16(11-13-18)6-4-5-9-20(26)17-7-2-1-3-8-17/h1-3,7-8,10-13,15,20,26H,4-6,9,14H2,(H2,23,25)(H,24,27)/t20-/m0/s1/i6D2,9D2,10D,11D,12D,13D,15D. The van der Waals surface area contributed by atoms with Crippen molar-refractivity contribution in [2.75, 3.05) is 11.1 Å². The van der Waals surface area contributed by atoms with Crippen molar-refractivity contribution < 1.29 is 22.2 Å². The van der Waals surface area contributed by atoms with E-state index in [2.05, 4.69) is 10.3 Å². The smallest absolute Gasteiger partial charge is 0.230 e. The summed E-state index contributed by atoms with van der Waals surface area (Å²) in [4.78, 5) is 16.3. The van der Waals surface area contributed by atoms with Gasteiger partial charge >= 0.3 is 0 Å². The van der Waals surface area contributed by atoms with Gasteiger partial charge in [0.2, 0.25) is 5.91 Å². The maximum Gasteiger partial charge on any atom is 0.230 e. The Morgan fingerprint density at radius 3 is 2.68 bits per heavy atom. The minimum atomic E-state index is -2.48.